The second-order valence-electron chi connectivity index (χ2n) is 6.37. The smallest absolute Gasteiger partial charge is 0.261 e. The van der Waals surface area contributed by atoms with Crippen LogP contribution in [0.15, 0.2) is 36.4 Å². The molecule has 146 valence electrons. The van der Waals surface area contributed by atoms with Crippen LogP contribution >= 0.6 is 0 Å². The van der Waals surface area contributed by atoms with E-state index in [1.54, 1.807) is 36.4 Å². The molecule has 7 nitrogen and oxygen atoms in total. The Morgan fingerprint density at radius 3 is 2.21 bits per heavy atom. The molecule has 1 aliphatic heterocycles. The highest BCUT2D eigenvalue weighted by molar-refractivity contribution is 6.21. The number of carbonyl (C=O) groups is 3. The Morgan fingerprint density at radius 2 is 1.68 bits per heavy atom. The van der Waals surface area contributed by atoms with Crippen LogP contribution in [0.4, 0.5) is 0 Å². The van der Waals surface area contributed by atoms with Crippen molar-refractivity contribution in [1.82, 2.24) is 10.2 Å². The molecular formula is C21H22N2O5. The standard InChI is InChI=1S/C21H22N2O5/c1-4-9-22-19(24)13-10-14(18(28-3)17(11-13)27-2)12-23-20(25)15-7-5-6-8-16(15)21(23)26/h5-8,10-11H,4,9,12H2,1-3H3,(H,22,24). The third kappa shape index (κ3) is 3.43. The van der Waals surface area contributed by atoms with Gasteiger partial charge in [-0.1, -0.05) is 19.1 Å². The first-order valence-electron chi connectivity index (χ1n) is 9.00. The average molecular weight is 382 g/mol. The predicted molar refractivity (Wildman–Crippen MR) is 103 cm³/mol. The molecule has 0 saturated heterocycles. The molecule has 0 fully saturated rings. The number of nitrogens with one attached hydrogen (secondary N) is 1. The van der Waals surface area contributed by atoms with E-state index in [1.807, 2.05) is 6.92 Å². The molecule has 0 saturated carbocycles. The zero-order valence-corrected chi connectivity index (χ0v) is 16.1. The molecule has 3 amide bonds. The summed E-state index contributed by atoms with van der Waals surface area (Å²) in [5, 5.41) is 2.81. The number of hydrogen-bond donors (Lipinski definition) is 1. The normalized spacial score (nSPS) is 12.8. The maximum Gasteiger partial charge on any atom is 0.261 e. The lowest BCUT2D eigenvalue weighted by Gasteiger charge is -2.19. The summed E-state index contributed by atoms with van der Waals surface area (Å²) < 4.78 is 10.8. The predicted octanol–water partition coefficient (Wildman–Crippen LogP) is 2.64. The van der Waals surface area contributed by atoms with Crippen molar-refractivity contribution in [2.45, 2.75) is 19.9 Å². The van der Waals surface area contributed by atoms with Gasteiger partial charge in [-0.15, -0.1) is 0 Å². The van der Waals surface area contributed by atoms with Gasteiger partial charge in [0.25, 0.3) is 17.7 Å². The Labute approximate surface area is 163 Å². The maximum absolute atomic E-state index is 12.7. The summed E-state index contributed by atoms with van der Waals surface area (Å²) in [6.07, 6.45) is 0.806. The number of imide groups is 1. The van der Waals surface area contributed by atoms with Gasteiger partial charge in [0.15, 0.2) is 11.5 Å². The van der Waals surface area contributed by atoms with Crippen LogP contribution in [-0.4, -0.2) is 43.4 Å². The van der Waals surface area contributed by atoms with Gasteiger partial charge in [0.2, 0.25) is 0 Å². The van der Waals surface area contributed by atoms with Gasteiger partial charge in [0.05, 0.1) is 31.9 Å². The molecule has 2 aromatic rings. The minimum atomic E-state index is -0.373. The lowest BCUT2D eigenvalue weighted by Crippen LogP contribution is -2.30. The minimum absolute atomic E-state index is 0.0270. The number of hydrogen-bond acceptors (Lipinski definition) is 5. The summed E-state index contributed by atoms with van der Waals surface area (Å²) >= 11 is 0. The Hall–Kier alpha value is -3.35. The molecule has 0 aliphatic carbocycles. The molecule has 2 aromatic carbocycles. The van der Waals surface area contributed by atoms with E-state index in [2.05, 4.69) is 5.32 Å². The van der Waals surface area contributed by atoms with E-state index in [9.17, 15) is 14.4 Å². The molecule has 0 unspecified atom stereocenters. The molecule has 0 radical (unpaired) electrons. The van der Waals surface area contributed by atoms with Gasteiger partial charge in [0.1, 0.15) is 0 Å². The van der Waals surface area contributed by atoms with E-state index >= 15 is 0 Å². The number of ether oxygens (including phenoxy) is 2. The van der Waals surface area contributed by atoms with Gasteiger partial charge in [-0.2, -0.15) is 0 Å². The average Bonchev–Trinajstić information content (AvgIpc) is 2.96. The van der Waals surface area contributed by atoms with E-state index in [0.717, 1.165) is 11.3 Å². The van der Waals surface area contributed by atoms with Crippen LogP contribution in [0.25, 0.3) is 0 Å². The molecule has 0 atom stereocenters. The van der Waals surface area contributed by atoms with Gasteiger partial charge >= 0.3 is 0 Å². The van der Waals surface area contributed by atoms with Gasteiger partial charge in [-0.05, 0) is 30.7 Å². The Bertz CT molecular complexity index is 903. The van der Waals surface area contributed by atoms with Crippen molar-refractivity contribution < 1.29 is 23.9 Å². The largest absolute Gasteiger partial charge is 0.493 e. The van der Waals surface area contributed by atoms with E-state index in [4.69, 9.17) is 9.47 Å². The van der Waals surface area contributed by atoms with Crippen molar-refractivity contribution in [2.75, 3.05) is 20.8 Å². The highest BCUT2D eigenvalue weighted by atomic mass is 16.5. The topological polar surface area (TPSA) is 84.9 Å². The van der Waals surface area contributed by atoms with Crippen molar-refractivity contribution >= 4 is 17.7 Å². The SMILES string of the molecule is CCCNC(=O)c1cc(CN2C(=O)c3ccccc3C2=O)c(OC)c(OC)c1. The molecule has 28 heavy (non-hydrogen) atoms. The number of nitrogens with zero attached hydrogens (tertiary/aromatic N) is 1. The van der Waals surface area contributed by atoms with Crippen LogP contribution in [0, 0.1) is 0 Å². The van der Waals surface area contributed by atoms with Crippen molar-refractivity contribution in [3.8, 4) is 11.5 Å². The van der Waals surface area contributed by atoms with Crippen molar-refractivity contribution in [1.29, 1.82) is 0 Å². The molecule has 0 spiro atoms. The number of rotatable bonds is 7. The van der Waals surface area contributed by atoms with Gasteiger partial charge in [0, 0.05) is 17.7 Å². The fourth-order valence-electron chi connectivity index (χ4n) is 3.19. The molecular weight excluding hydrogens is 360 g/mol. The molecule has 0 aromatic heterocycles. The fraction of sp³-hybridized carbons (Fsp3) is 0.286. The molecule has 0 bridgehead atoms. The third-order valence-electron chi connectivity index (χ3n) is 4.56. The first kappa shape index (κ1) is 19.4. The fourth-order valence-corrected chi connectivity index (χ4v) is 3.19. The van der Waals surface area contributed by atoms with Crippen LogP contribution in [0.1, 0.15) is 50.0 Å². The van der Waals surface area contributed by atoms with E-state index in [-0.39, 0.29) is 24.3 Å². The molecule has 7 heteroatoms. The molecule has 1 aliphatic rings. The molecule has 1 heterocycles. The van der Waals surface area contributed by atoms with Gasteiger partial charge < -0.3 is 14.8 Å². The van der Waals surface area contributed by atoms with Crippen LogP contribution in [0.5, 0.6) is 11.5 Å². The van der Waals surface area contributed by atoms with E-state index < -0.39 is 0 Å². The monoisotopic (exact) mass is 382 g/mol. The minimum Gasteiger partial charge on any atom is -0.493 e. The lowest BCUT2D eigenvalue weighted by molar-refractivity contribution is 0.0641. The first-order valence-corrected chi connectivity index (χ1v) is 9.00. The summed E-state index contributed by atoms with van der Waals surface area (Å²) in [4.78, 5) is 38.9. The lowest BCUT2D eigenvalue weighted by atomic mass is 10.1. The summed E-state index contributed by atoms with van der Waals surface area (Å²) in [6, 6.07) is 9.89. The Morgan fingerprint density at radius 1 is 1.04 bits per heavy atom. The first-order chi connectivity index (χ1) is 13.5. The zero-order chi connectivity index (χ0) is 20.3. The van der Waals surface area contributed by atoms with Crippen molar-refractivity contribution in [3.05, 3.63) is 58.7 Å². The van der Waals surface area contributed by atoms with Crippen molar-refractivity contribution in [3.63, 3.8) is 0 Å². The summed E-state index contributed by atoms with van der Waals surface area (Å²) in [6.45, 7) is 2.48. The number of benzene rings is 2. The zero-order valence-electron chi connectivity index (χ0n) is 16.1. The quantitative estimate of drug-likeness (QED) is 0.744. The maximum atomic E-state index is 12.7. The molecule has 1 N–H and O–H groups in total. The van der Waals surface area contributed by atoms with E-state index in [1.165, 1.54) is 14.2 Å². The number of carbonyl (C=O) groups excluding carboxylic acids is 3. The number of methoxy groups -OCH3 is 2. The summed E-state index contributed by atoms with van der Waals surface area (Å²) in [5.74, 6) is -0.263. The van der Waals surface area contributed by atoms with E-state index in [0.29, 0.717) is 40.3 Å². The van der Waals surface area contributed by atoms with Crippen LogP contribution in [0.3, 0.4) is 0 Å². The summed E-state index contributed by atoms with van der Waals surface area (Å²) in [7, 11) is 2.94. The van der Waals surface area contributed by atoms with Crippen LogP contribution in [0.2, 0.25) is 0 Å². The third-order valence-corrected chi connectivity index (χ3v) is 4.56. The van der Waals surface area contributed by atoms with Crippen LogP contribution < -0.4 is 14.8 Å². The van der Waals surface area contributed by atoms with Gasteiger partial charge in [-0.25, -0.2) is 0 Å². The number of amides is 3. The second-order valence-corrected chi connectivity index (χ2v) is 6.37. The van der Waals surface area contributed by atoms with Gasteiger partial charge in [-0.3, -0.25) is 19.3 Å². The second kappa shape index (κ2) is 8.12. The van der Waals surface area contributed by atoms with Crippen molar-refractivity contribution in [2.24, 2.45) is 0 Å². The highest BCUT2D eigenvalue weighted by Crippen LogP contribution is 2.35. The number of fused-ring (bicyclic) bond motifs is 1. The highest BCUT2D eigenvalue weighted by Gasteiger charge is 2.36. The molecule has 3 rings (SSSR count). The van der Waals surface area contributed by atoms with Crippen LogP contribution in [-0.2, 0) is 6.54 Å². The summed E-state index contributed by atoms with van der Waals surface area (Å²) in [5.41, 5.74) is 1.63. The Balaban J connectivity index is 1.98. The Kier molecular flexibility index (Phi) is 5.63.